The minimum absolute atomic E-state index is 0.173. The van der Waals surface area contributed by atoms with Crippen molar-refractivity contribution < 1.29 is 14.7 Å². The first-order valence-corrected chi connectivity index (χ1v) is 5.97. The predicted molar refractivity (Wildman–Crippen MR) is 67.2 cm³/mol. The largest absolute Gasteiger partial charge is 0.480 e. The van der Waals surface area contributed by atoms with Gasteiger partial charge in [-0.05, 0) is 37.6 Å². The monoisotopic (exact) mass is 297 g/mol. The number of rotatable bonds is 2. The highest BCUT2D eigenvalue weighted by Crippen LogP contribution is 2.42. The maximum absolute atomic E-state index is 12.2. The fraction of sp³-hybridized carbons (Fsp3) is 0.333. The van der Waals surface area contributed by atoms with Crippen LogP contribution in [0.25, 0.3) is 0 Å². The van der Waals surface area contributed by atoms with E-state index >= 15 is 0 Å². The molecule has 5 heteroatoms. The van der Waals surface area contributed by atoms with E-state index in [4.69, 9.17) is 5.11 Å². The summed E-state index contributed by atoms with van der Waals surface area (Å²) in [6, 6.07) is 5.45. The number of carboxylic acid groups (broad SMARTS) is 1. The lowest BCUT2D eigenvalue weighted by Gasteiger charge is -2.18. The van der Waals surface area contributed by atoms with Crippen LogP contribution in [0.3, 0.4) is 0 Å². The zero-order chi connectivity index (χ0) is 12.8. The second-order valence-corrected chi connectivity index (χ2v) is 5.49. The van der Waals surface area contributed by atoms with Crippen LogP contribution in [0, 0.1) is 0 Å². The van der Waals surface area contributed by atoms with Crippen LogP contribution < -0.4 is 4.90 Å². The Bertz CT molecular complexity index is 510. The van der Waals surface area contributed by atoms with Gasteiger partial charge in [0.2, 0.25) is 5.91 Å². The van der Waals surface area contributed by atoms with Gasteiger partial charge in [0.05, 0.1) is 5.41 Å². The zero-order valence-corrected chi connectivity index (χ0v) is 11.1. The number of carbonyl (C=O) groups excluding carboxylic acids is 1. The third-order valence-electron chi connectivity index (χ3n) is 3.00. The molecule has 0 atom stereocenters. The van der Waals surface area contributed by atoms with E-state index in [0.717, 1.165) is 10.0 Å². The Balaban J connectivity index is 2.55. The van der Waals surface area contributed by atoms with E-state index in [0.29, 0.717) is 5.69 Å². The van der Waals surface area contributed by atoms with Gasteiger partial charge in [0.1, 0.15) is 6.54 Å². The van der Waals surface area contributed by atoms with Crippen molar-refractivity contribution in [3.05, 3.63) is 28.2 Å². The van der Waals surface area contributed by atoms with Gasteiger partial charge in [0.15, 0.2) is 0 Å². The number of anilines is 1. The number of carbonyl (C=O) groups is 2. The van der Waals surface area contributed by atoms with Crippen molar-refractivity contribution in [2.45, 2.75) is 19.3 Å². The van der Waals surface area contributed by atoms with Gasteiger partial charge >= 0.3 is 5.97 Å². The number of halogens is 1. The number of nitrogens with zero attached hydrogens (tertiary/aromatic N) is 1. The van der Waals surface area contributed by atoms with Crippen molar-refractivity contribution in [2.24, 2.45) is 0 Å². The summed E-state index contributed by atoms with van der Waals surface area (Å²) in [6.07, 6.45) is 0. The fourth-order valence-corrected chi connectivity index (χ4v) is 2.46. The van der Waals surface area contributed by atoms with Crippen LogP contribution >= 0.6 is 15.9 Å². The van der Waals surface area contributed by atoms with E-state index in [2.05, 4.69) is 15.9 Å². The molecule has 1 aliphatic heterocycles. The number of hydrogen-bond acceptors (Lipinski definition) is 2. The summed E-state index contributed by atoms with van der Waals surface area (Å²) in [5.41, 5.74) is 0.873. The number of benzene rings is 1. The molecule has 1 aromatic rings. The van der Waals surface area contributed by atoms with Gasteiger partial charge in [-0.25, -0.2) is 0 Å². The minimum atomic E-state index is -1.01. The summed E-state index contributed by atoms with van der Waals surface area (Å²) in [5.74, 6) is -1.18. The summed E-state index contributed by atoms with van der Waals surface area (Å²) < 4.78 is 0.884. The van der Waals surface area contributed by atoms with E-state index < -0.39 is 11.4 Å². The molecule has 1 aromatic carbocycles. The quantitative estimate of drug-likeness (QED) is 0.910. The molecule has 4 nitrogen and oxygen atoms in total. The van der Waals surface area contributed by atoms with Gasteiger partial charge in [-0.3, -0.25) is 9.59 Å². The molecule has 0 spiro atoms. The highest BCUT2D eigenvalue weighted by atomic mass is 79.9. The molecule has 1 amide bonds. The van der Waals surface area contributed by atoms with Crippen molar-refractivity contribution in [1.29, 1.82) is 0 Å². The number of aliphatic carboxylic acids is 1. The first-order valence-electron chi connectivity index (χ1n) is 5.18. The second kappa shape index (κ2) is 3.84. The average molecular weight is 298 g/mol. The van der Waals surface area contributed by atoms with Crippen molar-refractivity contribution in [2.75, 3.05) is 11.4 Å². The van der Waals surface area contributed by atoms with Crippen molar-refractivity contribution >= 4 is 33.5 Å². The Morgan fingerprint density at radius 3 is 2.71 bits per heavy atom. The van der Waals surface area contributed by atoms with Gasteiger partial charge in [0, 0.05) is 10.2 Å². The minimum Gasteiger partial charge on any atom is -0.480 e. The van der Waals surface area contributed by atoms with E-state index in [-0.39, 0.29) is 12.5 Å². The Morgan fingerprint density at radius 2 is 2.12 bits per heavy atom. The van der Waals surface area contributed by atoms with E-state index in [9.17, 15) is 9.59 Å². The maximum Gasteiger partial charge on any atom is 0.323 e. The van der Waals surface area contributed by atoms with Crippen LogP contribution in [0.1, 0.15) is 19.4 Å². The smallest absolute Gasteiger partial charge is 0.323 e. The van der Waals surface area contributed by atoms with Crippen LogP contribution in [-0.4, -0.2) is 23.5 Å². The number of fused-ring (bicyclic) bond motifs is 1. The Hall–Kier alpha value is -1.36. The van der Waals surface area contributed by atoms with Crippen LogP contribution in [0.2, 0.25) is 0 Å². The summed E-state index contributed by atoms with van der Waals surface area (Å²) in [4.78, 5) is 24.3. The number of carboxylic acids is 1. The average Bonchev–Trinajstić information content (AvgIpc) is 2.40. The molecular weight excluding hydrogens is 286 g/mol. The number of amides is 1. The molecule has 0 radical (unpaired) electrons. The van der Waals surface area contributed by atoms with Crippen molar-refractivity contribution in [1.82, 2.24) is 0 Å². The Morgan fingerprint density at radius 1 is 1.47 bits per heavy atom. The van der Waals surface area contributed by atoms with Gasteiger partial charge in [-0.2, -0.15) is 0 Å². The van der Waals surface area contributed by atoms with Crippen LogP contribution in [0.15, 0.2) is 22.7 Å². The topological polar surface area (TPSA) is 57.6 Å². The molecule has 0 saturated heterocycles. The standard InChI is InChI=1S/C12H12BrNO3/c1-12(2)8-5-7(13)3-4-9(8)14(11(12)17)6-10(15)16/h3-5H,6H2,1-2H3,(H,15,16). The molecule has 1 N–H and O–H groups in total. The SMILES string of the molecule is CC1(C)C(=O)N(CC(=O)O)c2ccc(Br)cc21. The van der Waals surface area contributed by atoms with Crippen LogP contribution in [-0.2, 0) is 15.0 Å². The molecule has 90 valence electrons. The molecule has 1 heterocycles. The second-order valence-electron chi connectivity index (χ2n) is 4.57. The predicted octanol–water partition coefficient (Wildman–Crippen LogP) is 2.16. The third kappa shape index (κ3) is 1.84. The fourth-order valence-electron chi connectivity index (χ4n) is 2.10. The van der Waals surface area contributed by atoms with Crippen molar-refractivity contribution in [3.8, 4) is 0 Å². The van der Waals surface area contributed by atoms with E-state index in [1.807, 2.05) is 26.0 Å². The molecule has 2 rings (SSSR count). The zero-order valence-electron chi connectivity index (χ0n) is 9.53. The first kappa shape index (κ1) is 12.1. The normalized spacial score (nSPS) is 17.1. The maximum atomic E-state index is 12.2. The highest BCUT2D eigenvalue weighted by molar-refractivity contribution is 9.10. The molecule has 17 heavy (non-hydrogen) atoms. The molecule has 0 aromatic heterocycles. The number of hydrogen-bond donors (Lipinski definition) is 1. The summed E-state index contributed by atoms with van der Waals surface area (Å²) in [5, 5.41) is 8.84. The molecule has 0 fully saturated rings. The Kier molecular flexibility index (Phi) is 2.73. The van der Waals surface area contributed by atoms with E-state index in [1.54, 1.807) is 6.07 Å². The highest BCUT2D eigenvalue weighted by Gasteiger charge is 2.44. The van der Waals surface area contributed by atoms with Gasteiger partial charge < -0.3 is 10.0 Å². The molecular formula is C12H12BrNO3. The van der Waals surface area contributed by atoms with E-state index in [1.165, 1.54) is 4.90 Å². The molecule has 0 unspecified atom stereocenters. The first-order chi connectivity index (χ1) is 7.84. The van der Waals surface area contributed by atoms with Crippen LogP contribution in [0.5, 0.6) is 0 Å². The summed E-state index contributed by atoms with van der Waals surface area (Å²) >= 11 is 3.36. The molecule has 1 aliphatic rings. The molecule has 0 saturated carbocycles. The third-order valence-corrected chi connectivity index (χ3v) is 3.49. The lowest BCUT2D eigenvalue weighted by atomic mass is 9.86. The van der Waals surface area contributed by atoms with Crippen molar-refractivity contribution in [3.63, 3.8) is 0 Å². The van der Waals surface area contributed by atoms with Gasteiger partial charge in [-0.15, -0.1) is 0 Å². The molecule has 0 aliphatic carbocycles. The summed E-state index contributed by atoms with van der Waals surface area (Å²) in [7, 11) is 0. The lowest BCUT2D eigenvalue weighted by Crippen LogP contribution is -2.39. The van der Waals surface area contributed by atoms with Gasteiger partial charge in [-0.1, -0.05) is 15.9 Å². The van der Waals surface area contributed by atoms with Crippen LogP contribution in [0.4, 0.5) is 5.69 Å². The lowest BCUT2D eigenvalue weighted by molar-refractivity contribution is -0.137. The van der Waals surface area contributed by atoms with Gasteiger partial charge in [0.25, 0.3) is 0 Å². The Labute approximate surface area is 107 Å². The molecule has 0 bridgehead atoms. The summed E-state index contributed by atoms with van der Waals surface area (Å²) in [6.45, 7) is 3.32.